The van der Waals surface area contributed by atoms with Crippen molar-refractivity contribution in [1.29, 1.82) is 0 Å². The van der Waals surface area contributed by atoms with E-state index in [9.17, 15) is 0 Å². The van der Waals surface area contributed by atoms with E-state index in [1.807, 2.05) is 6.20 Å². The van der Waals surface area contributed by atoms with E-state index in [0.717, 1.165) is 5.92 Å². The Labute approximate surface area is 83.5 Å². The molecule has 1 heterocycles. The van der Waals surface area contributed by atoms with E-state index in [2.05, 4.69) is 29.4 Å². The Kier molecular flexibility index (Phi) is 2.79. The van der Waals surface area contributed by atoms with Crippen LogP contribution in [0.3, 0.4) is 0 Å². The molecule has 0 spiro atoms. The highest BCUT2D eigenvalue weighted by Gasteiger charge is 2.23. The molecule has 1 nitrogen and oxygen atoms in total. The van der Waals surface area contributed by atoms with Crippen molar-refractivity contribution < 1.29 is 0 Å². The van der Waals surface area contributed by atoms with Gasteiger partial charge in [0.1, 0.15) is 0 Å². The summed E-state index contributed by atoms with van der Waals surface area (Å²) in [6.45, 7) is 2.28. The lowest BCUT2D eigenvalue weighted by atomic mass is 9.82. The average Bonchev–Trinajstić information content (AvgIpc) is 2.70. The predicted molar refractivity (Wildman–Crippen MR) is 57.0 cm³/mol. The minimum Gasteiger partial charge on any atom is -0.249 e. The third kappa shape index (κ3) is 1.83. The maximum absolute atomic E-state index is 4.42. The molecule has 13 heavy (non-hydrogen) atoms. The van der Waals surface area contributed by atoms with Gasteiger partial charge in [-0.2, -0.15) is 0 Å². The van der Waals surface area contributed by atoms with Gasteiger partial charge < -0.3 is 0 Å². The monoisotopic (exact) mass is 193 g/mol. The molecule has 0 radical (unpaired) electrons. The molecule has 0 N–H and O–H groups in total. The number of thiazole rings is 1. The predicted octanol–water partition coefficient (Wildman–Crippen LogP) is 3.60. The molecule has 0 fully saturated rings. The molecule has 0 saturated carbocycles. The second-order valence-corrected chi connectivity index (χ2v) is 4.51. The van der Waals surface area contributed by atoms with Crippen molar-refractivity contribution in [3.05, 3.63) is 28.7 Å². The van der Waals surface area contributed by atoms with E-state index in [-0.39, 0.29) is 0 Å². The van der Waals surface area contributed by atoms with Gasteiger partial charge in [0.15, 0.2) is 0 Å². The van der Waals surface area contributed by atoms with Crippen molar-refractivity contribution in [2.24, 2.45) is 5.92 Å². The summed E-state index contributed by atoms with van der Waals surface area (Å²) in [5.41, 5.74) is 0. The fraction of sp³-hybridized carbons (Fsp3) is 0.545. The maximum Gasteiger partial charge on any atom is 0.0961 e. The Morgan fingerprint density at radius 2 is 2.31 bits per heavy atom. The van der Waals surface area contributed by atoms with E-state index in [4.69, 9.17) is 0 Å². The van der Waals surface area contributed by atoms with Gasteiger partial charge in [0.25, 0.3) is 0 Å². The first-order valence-corrected chi connectivity index (χ1v) is 5.84. The van der Waals surface area contributed by atoms with Crippen LogP contribution in [0.25, 0.3) is 0 Å². The zero-order chi connectivity index (χ0) is 9.10. The normalized spacial score (nSPS) is 27.8. The van der Waals surface area contributed by atoms with E-state index in [1.165, 1.54) is 24.3 Å². The molecule has 1 aromatic rings. The van der Waals surface area contributed by atoms with Crippen LogP contribution in [0.5, 0.6) is 0 Å². The average molecular weight is 193 g/mol. The van der Waals surface area contributed by atoms with Crippen LogP contribution in [0, 0.1) is 5.92 Å². The molecular weight excluding hydrogens is 178 g/mol. The first-order valence-electron chi connectivity index (χ1n) is 4.96. The Balaban J connectivity index is 2.17. The number of hydrogen-bond donors (Lipinski definition) is 0. The molecule has 2 rings (SSSR count). The SMILES string of the molecule is CCC1CC=CCC1c1nccs1. The Bertz CT molecular complexity index is 276. The number of hydrogen-bond acceptors (Lipinski definition) is 2. The molecule has 0 aliphatic heterocycles. The molecule has 0 bridgehead atoms. The molecule has 0 saturated heterocycles. The van der Waals surface area contributed by atoms with Gasteiger partial charge in [0.2, 0.25) is 0 Å². The van der Waals surface area contributed by atoms with Crippen LogP contribution in [0.15, 0.2) is 23.7 Å². The van der Waals surface area contributed by atoms with Crippen molar-refractivity contribution in [3.8, 4) is 0 Å². The van der Waals surface area contributed by atoms with Gasteiger partial charge in [-0.1, -0.05) is 25.5 Å². The smallest absolute Gasteiger partial charge is 0.0961 e. The molecule has 1 aromatic heterocycles. The molecule has 0 amide bonds. The van der Waals surface area contributed by atoms with Crippen LogP contribution in [0.1, 0.15) is 37.1 Å². The van der Waals surface area contributed by atoms with Crippen molar-refractivity contribution >= 4 is 11.3 Å². The summed E-state index contributed by atoms with van der Waals surface area (Å²) in [4.78, 5) is 4.42. The highest BCUT2D eigenvalue weighted by Crippen LogP contribution is 2.36. The maximum atomic E-state index is 4.42. The van der Waals surface area contributed by atoms with Gasteiger partial charge in [-0.15, -0.1) is 11.3 Å². The van der Waals surface area contributed by atoms with Crippen LogP contribution >= 0.6 is 11.3 Å². The van der Waals surface area contributed by atoms with Crippen LogP contribution in [-0.4, -0.2) is 4.98 Å². The van der Waals surface area contributed by atoms with Crippen molar-refractivity contribution in [3.63, 3.8) is 0 Å². The zero-order valence-electron chi connectivity index (χ0n) is 7.94. The van der Waals surface area contributed by atoms with Gasteiger partial charge in [0.05, 0.1) is 5.01 Å². The van der Waals surface area contributed by atoms with Gasteiger partial charge in [-0.25, -0.2) is 4.98 Å². The summed E-state index contributed by atoms with van der Waals surface area (Å²) >= 11 is 1.80. The fourth-order valence-electron chi connectivity index (χ4n) is 2.04. The number of rotatable bonds is 2. The van der Waals surface area contributed by atoms with Gasteiger partial charge >= 0.3 is 0 Å². The van der Waals surface area contributed by atoms with Crippen molar-refractivity contribution in [1.82, 2.24) is 4.98 Å². The van der Waals surface area contributed by atoms with Crippen LogP contribution in [0.2, 0.25) is 0 Å². The standard InChI is InChI=1S/C11H15NS/c1-2-9-5-3-4-6-10(9)11-12-7-8-13-11/h3-4,7-10H,2,5-6H2,1H3. The van der Waals surface area contributed by atoms with Crippen molar-refractivity contribution in [2.75, 3.05) is 0 Å². The molecule has 70 valence electrons. The number of aromatic nitrogens is 1. The number of nitrogens with zero attached hydrogens (tertiary/aromatic N) is 1. The molecule has 2 unspecified atom stereocenters. The van der Waals surface area contributed by atoms with Crippen molar-refractivity contribution in [2.45, 2.75) is 32.1 Å². The number of allylic oxidation sites excluding steroid dienone is 2. The summed E-state index contributed by atoms with van der Waals surface area (Å²) in [6, 6.07) is 0. The third-order valence-corrected chi connectivity index (χ3v) is 3.76. The Morgan fingerprint density at radius 1 is 1.46 bits per heavy atom. The quantitative estimate of drug-likeness (QED) is 0.654. The molecule has 1 aliphatic carbocycles. The lowest BCUT2D eigenvalue weighted by Gasteiger charge is -2.25. The Morgan fingerprint density at radius 3 is 3.00 bits per heavy atom. The van der Waals surface area contributed by atoms with Crippen LogP contribution in [-0.2, 0) is 0 Å². The van der Waals surface area contributed by atoms with Crippen LogP contribution < -0.4 is 0 Å². The summed E-state index contributed by atoms with van der Waals surface area (Å²) < 4.78 is 0. The summed E-state index contributed by atoms with van der Waals surface area (Å²) in [6.07, 6.45) is 10.2. The van der Waals surface area contributed by atoms with Gasteiger partial charge in [-0.3, -0.25) is 0 Å². The van der Waals surface area contributed by atoms with E-state index in [1.54, 1.807) is 11.3 Å². The van der Waals surface area contributed by atoms with E-state index < -0.39 is 0 Å². The fourth-order valence-corrected chi connectivity index (χ4v) is 2.89. The second-order valence-electron chi connectivity index (χ2n) is 3.59. The summed E-state index contributed by atoms with van der Waals surface area (Å²) in [5.74, 6) is 1.51. The zero-order valence-corrected chi connectivity index (χ0v) is 8.76. The largest absolute Gasteiger partial charge is 0.249 e. The molecule has 0 aromatic carbocycles. The minimum atomic E-state index is 0.690. The first kappa shape index (κ1) is 8.95. The van der Waals surface area contributed by atoms with E-state index >= 15 is 0 Å². The highest BCUT2D eigenvalue weighted by molar-refractivity contribution is 7.09. The first-order chi connectivity index (χ1) is 6.42. The minimum absolute atomic E-state index is 0.690. The van der Waals surface area contributed by atoms with Gasteiger partial charge in [0, 0.05) is 17.5 Å². The lowest BCUT2D eigenvalue weighted by Crippen LogP contribution is -2.13. The van der Waals surface area contributed by atoms with Crippen LogP contribution in [0.4, 0.5) is 0 Å². The highest BCUT2D eigenvalue weighted by atomic mass is 32.1. The molecule has 2 atom stereocenters. The van der Waals surface area contributed by atoms with Gasteiger partial charge in [-0.05, 0) is 18.8 Å². The van der Waals surface area contributed by atoms with E-state index in [0.29, 0.717) is 5.92 Å². The topological polar surface area (TPSA) is 12.9 Å². The summed E-state index contributed by atoms with van der Waals surface area (Å²) in [7, 11) is 0. The molecular formula is C11H15NS. The molecule has 1 aliphatic rings. The lowest BCUT2D eigenvalue weighted by molar-refractivity contribution is 0.399. The third-order valence-electron chi connectivity index (χ3n) is 2.86. The Hall–Kier alpha value is -0.630. The molecule has 2 heteroatoms. The summed E-state index contributed by atoms with van der Waals surface area (Å²) in [5, 5.41) is 3.41. The second kappa shape index (κ2) is 4.05.